The van der Waals surface area contributed by atoms with Crippen molar-refractivity contribution in [3.63, 3.8) is 0 Å². The van der Waals surface area contributed by atoms with Crippen LogP contribution in [0.5, 0.6) is 0 Å². The summed E-state index contributed by atoms with van der Waals surface area (Å²) in [6.45, 7) is 6.31. The van der Waals surface area contributed by atoms with Crippen molar-refractivity contribution in [2.24, 2.45) is 0 Å². The number of carbonyl (C=O) groups is 1. The van der Waals surface area contributed by atoms with Crippen molar-refractivity contribution in [2.45, 2.75) is 20.3 Å². The van der Waals surface area contributed by atoms with Gasteiger partial charge in [0.05, 0.1) is 13.2 Å². The quantitative estimate of drug-likeness (QED) is 0.488. The third-order valence-corrected chi connectivity index (χ3v) is 2.94. The number of aryl methyl sites for hydroxylation is 2. The minimum atomic E-state index is 0.0191. The molecule has 0 aromatic heterocycles. The molecule has 0 spiro atoms. The lowest BCUT2D eigenvalue weighted by atomic mass is 10.0. The van der Waals surface area contributed by atoms with Gasteiger partial charge in [-0.25, -0.2) is 0 Å². The summed E-state index contributed by atoms with van der Waals surface area (Å²) < 4.78 is 15.6. The summed E-state index contributed by atoms with van der Waals surface area (Å²) in [5.41, 5.74) is 2.81. The fourth-order valence-corrected chi connectivity index (χ4v) is 1.80. The molecule has 0 aliphatic rings. The van der Waals surface area contributed by atoms with Gasteiger partial charge in [-0.15, -0.1) is 0 Å². The van der Waals surface area contributed by atoms with E-state index in [1.807, 2.05) is 32.0 Å². The number of benzene rings is 1. The summed E-state index contributed by atoms with van der Waals surface area (Å²) in [7, 11) is 1.67. The van der Waals surface area contributed by atoms with Gasteiger partial charge in [0.25, 0.3) is 0 Å². The fourth-order valence-electron chi connectivity index (χ4n) is 1.80. The third kappa shape index (κ3) is 6.28. The van der Waals surface area contributed by atoms with Gasteiger partial charge in [0.15, 0.2) is 5.78 Å². The van der Waals surface area contributed by atoms with E-state index in [4.69, 9.17) is 14.2 Å². The lowest BCUT2D eigenvalue weighted by molar-refractivity contribution is 0.0382. The molecule has 0 heterocycles. The van der Waals surface area contributed by atoms with E-state index in [9.17, 15) is 4.79 Å². The molecule has 112 valence electrons. The van der Waals surface area contributed by atoms with E-state index >= 15 is 0 Å². The number of rotatable bonds is 10. The predicted octanol–water partition coefficient (Wildman–Crippen LogP) is 2.56. The van der Waals surface area contributed by atoms with Crippen LogP contribution in [0.25, 0.3) is 0 Å². The molecule has 0 aliphatic carbocycles. The van der Waals surface area contributed by atoms with Crippen molar-refractivity contribution in [3.8, 4) is 0 Å². The molecule has 0 aliphatic heterocycles. The zero-order valence-electron chi connectivity index (χ0n) is 12.6. The van der Waals surface area contributed by atoms with Crippen LogP contribution in [0.4, 0.5) is 0 Å². The Morgan fingerprint density at radius 2 is 1.80 bits per heavy atom. The highest BCUT2D eigenvalue weighted by molar-refractivity contribution is 5.98. The van der Waals surface area contributed by atoms with E-state index in [1.165, 1.54) is 0 Å². The van der Waals surface area contributed by atoms with Gasteiger partial charge in [-0.1, -0.05) is 17.7 Å². The Labute approximate surface area is 121 Å². The maximum absolute atomic E-state index is 12.0. The van der Waals surface area contributed by atoms with Crippen LogP contribution in [0.3, 0.4) is 0 Å². The lowest BCUT2D eigenvalue weighted by Crippen LogP contribution is -2.14. The van der Waals surface area contributed by atoms with Crippen molar-refractivity contribution in [3.05, 3.63) is 34.9 Å². The Morgan fingerprint density at radius 3 is 2.55 bits per heavy atom. The van der Waals surface area contributed by atoms with Crippen LogP contribution in [0.1, 0.15) is 27.9 Å². The summed E-state index contributed by atoms with van der Waals surface area (Å²) >= 11 is 0. The van der Waals surface area contributed by atoms with Crippen molar-refractivity contribution in [2.75, 3.05) is 40.1 Å². The minimum absolute atomic E-state index is 0.0191. The topological polar surface area (TPSA) is 44.8 Å². The molecule has 0 unspecified atom stereocenters. The highest BCUT2D eigenvalue weighted by atomic mass is 16.5. The summed E-state index contributed by atoms with van der Waals surface area (Å²) in [6, 6.07) is 5.87. The van der Waals surface area contributed by atoms with E-state index in [0.29, 0.717) is 26.4 Å². The second-order valence-corrected chi connectivity index (χ2v) is 4.75. The van der Waals surface area contributed by atoms with E-state index < -0.39 is 0 Å². The molecule has 0 saturated heterocycles. The summed E-state index contributed by atoms with van der Waals surface area (Å²) in [5.74, 6) is 0.0191. The Kier molecular flexibility index (Phi) is 8.11. The predicted molar refractivity (Wildman–Crippen MR) is 78.4 cm³/mol. The van der Waals surface area contributed by atoms with Crippen molar-refractivity contribution in [1.29, 1.82) is 0 Å². The van der Waals surface area contributed by atoms with Crippen molar-refractivity contribution >= 4 is 5.78 Å². The van der Waals surface area contributed by atoms with Crippen LogP contribution in [-0.4, -0.2) is 45.9 Å². The monoisotopic (exact) mass is 280 g/mol. The molecule has 0 radical (unpaired) electrons. The van der Waals surface area contributed by atoms with Gasteiger partial charge in [-0.2, -0.15) is 0 Å². The first-order chi connectivity index (χ1) is 9.65. The van der Waals surface area contributed by atoms with Gasteiger partial charge >= 0.3 is 0 Å². The van der Waals surface area contributed by atoms with Gasteiger partial charge in [-0.3, -0.25) is 4.79 Å². The molecule has 0 fully saturated rings. The molecule has 0 amide bonds. The summed E-state index contributed by atoms with van der Waals surface area (Å²) in [6.07, 6.45) is 0.873. The molecule has 1 aromatic carbocycles. The Bertz CT molecular complexity index is 415. The number of hydrogen-bond donors (Lipinski definition) is 0. The largest absolute Gasteiger partial charge is 0.385 e. The molecule has 0 N–H and O–H groups in total. The van der Waals surface area contributed by atoms with E-state index in [0.717, 1.165) is 23.1 Å². The van der Waals surface area contributed by atoms with Crippen molar-refractivity contribution in [1.82, 2.24) is 0 Å². The number of carbonyl (C=O) groups excluding carboxylic acids is 1. The summed E-state index contributed by atoms with van der Waals surface area (Å²) in [4.78, 5) is 12.0. The Balaban J connectivity index is 2.18. The Hall–Kier alpha value is -1.23. The van der Waals surface area contributed by atoms with E-state index in [1.54, 1.807) is 7.11 Å². The number of hydrogen-bond acceptors (Lipinski definition) is 4. The number of ether oxygens (including phenoxy) is 3. The standard InChI is InChI=1S/C16H24O4/c1-13-5-6-14(2)15(11-13)16(17)12-20-10-9-19-8-4-7-18-3/h5-6,11H,4,7-10,12H2,1-3H3. The number of Topliss-reactive ketones (excluding diaryl/α,β-unsaturated/α-hetero) is 1. The normalized spacial score (nSPS) is 10.8. The van der Waals surface area contributed by atoms with Crippen molar-refractivity contribution < 1.29 is 19.0 Å². The molecule has 0 atom stereocenters. The van der Waals surface area contributed by atoms with Gasteiger partial charge in [0, 0.05) is 25.9 Å². The van der Waals surface area contributed by atoms with Crippen LogP contribution in [0, 0.1) is 13.8 Å². The summed E-state index contributed by atoms with van der Waals surface area (Å²) in [5, 5.41) is 0. The van der Waals surface area contributed by atoms with Crippen LogP contribution >= 0.6 is 0 Å². The first-order valence-corrected chi connectivity index (χ1v) is 6.90. The molecule has 20 heavy (non-hydrogen) atoms. The zero-order chi connectivity index (χ0) is 14.8. The van der Waals surface area contributed by atoms with Crippen LogP contribution < -0.4 is 0 Å². The van der Waals surface area contributed by atoms with Gasteiger partial charge < -0.3 is 14.2 Å². The molecule has 1 aromatic rings. The first-order valence-electron chi connectivity index (χ1n) is 6.90. The van der Waals surface area contributed by atoms with Gasteiger partial charge in [0.1, 0.15) is 6.61 Å². The molecule has 0 bridgehead atoms. The Morgan fingerprint density at radius 1 is 1.05 bits per heavy atom. The first kappa shape index (κ1) is 16.8. The average Bonchev–Trinajstić information content (AvgIpc) is 2.44. The second kappa shape index (κ2) is 9.64. The molecular formula is C16H24O4. The lowest BCUT2D eigenvalue weighted by Gasteiger charge is -2.08. The van der Waals surface area contributed by atoms with E-state index in [2.05, 4.69) is 0 Å². The highest BCUT2D eigenvalue weighted by Gasteiger charge is 2.09. The second-order valence-electron chi connectivity index (χ2n) is 4.75. The maximum Gasteiger partial charge on any atom is 0.188 e. The maximum atomic E-state index is 12.0. The molecule has 4 nitrogen and oxygen atoms in total. The molecule has 0 saturated carbocycles. The number of methoxy groups -OCH3 is 1. The molecular weight excluding hydrogens is 256 g/mol. The van der Waals surface area contributed by atoms with E-state index in [-0.39, 0.29) is 12.4 Å². The zero-order valence-corrected chi connectivity index (χ0v) is 12.6. The SMILES string of the molecule is COCCCOCCOCC(=O)c1cc(C)ccc1C. The fraction of sp³-hybridized carbons (Fsp3) is 0.562. The highest BCUT2D eigenvalue weighted by Crippen LogP contribution is 2.11. The molecule has 1 rings (SSSR count). The minimum Gasteiger partial charge on any atom is -0.385 e. The number of ketones is 1. The smallest absolute Gasteiger partial charge is 0.188 e. The third-order valence-electron chi connectivity index (χ3n) is 2.94. The van der Waals surface area contributed by atoms with Crippen LogP contribution in [-0.2, 0) is 14.2 Å². The van der Waals surface area contributed by atoms with Crippen LogP contribution in [0.15, 0.2) is 18.2 Å². The van der Waals surface area contributed by atoms with Crippen LogP contribution in [0.2, 0.25) is 0 Å². The average molecular weight is 280 g/mol. The van der Waals surface area contributed by atoms with Gasteiger partial charge in [-0.05, 0) is 31.9 Å². The van der Waals surface area contributed by atoms with Gasteiger partial charge in [0.2, 0.25) is 0 Å². The molecule has 4 heteroatoms.